The maximum absolute atomic E-state index is 11.8. The zero-order chi connectivity index (χ0) is 13.1. The van der Waals surface area contributed by atoms with Gasteiger partial charge in [0, 0.05) is 12.4 Å². The molecule has 0 bridgehead atoms. The van der Waals surface area contributed by atoms with Gasteiger partial charge in [0.05, 0.1) is 0 Å². The molecule has 0 fully saturated rings. The summed E-state index contributed by atoms with van der Waals surface area (Å²) >= 11 is 0. The molecule has 1 aromatic carbocycles. The summed E-state index contributed by atoms with van der Waals surface area (Å²) in [5.74, 6) is 0.663. The lowest BCUT2D eigenvalue weighted by molar-refractivity contribution is 0.0836. The quantitative estimate of drug-likeness (QED) is 0.833. The zero-order valence-corrected chi connectivity index (χ0v) is 10.8. The number of carbonyl (C=O) groups excluding carboxylic acids is 1. The summed E-state index contributed by atoms with van der Waals surface area (Å²) in [6.07, 6.45) is 4.66. The number of aromatic nitrogens is 2. The van der Waals surface area contributed by atoms with E-state index in [1.165, 1.54) is 10.9 Å². The molecule has 18 heavy (non-hydrogen) atoms. The third kappa shape index (κ3) is 2.42. The van der Waals surface area contributed by atoms with Gasteiger partial charge in [-0.25, -0.2) is 4.98 Å². The Morgan fingerprint density at radius 1 is 1.28 bits per heavy atom. The van der Waals surface area contributed by atoms with E-state index in [2.05, 4.69) is 11.1 Å². The summed E-state index contributed by atoms with van der Waals surface area (Å²) in [6, 6.07) is 4.05. The van der Waals surface area contributed by atoms with Gasteiger partial charge >= 0.3 is 0 Å². The van der Waals surface area contributed by atoms with Crippen molar-refractivity contribution in [1.29, 1.82) is 0 Å². The van der Waals surface area contributed by atoms with E-state index < -0.39 is 0 Å². The number of ether oxygens (including phenoxy) is 1. The molecule has 0 saturated heterocycles. The van der Waals surface area contributed by atoms with Crippen molar-refractivity contribution in [2.75, 3.05) is 6.61 Å². The van der Waals surface area contributed by atoms with Crippen molar-refractivity contribution in [1.82, 2.24) is 9.55 Å². The molecule has 0 unspecified atom stereocenters. The number of aryl methyl sites for hydroxylation is 2. The first kappa shape index (κ1) is 12.4. The van der Waals surface area contributed by atoms with E-state index in [0.717, 1.165) is 22.4 Å². The Bertz CT molecular complexity index is 559. The molecule has 0 atom stereocenters. The van der Waals surface area contributed by atoms with Crippen LogP contribution in [0.1, 0.15) is 21.5 Å². The van der Waals surface area contributed by atoms with Crippen molar-refractivity contribution in [2.24, 2.45) is 0 Å². The average molecular weight is 244 g/mol. The Kier molecular flexibility index (Phi) is 3.46. The molecule has 0 aliphatic rings. The molecule has 4 nitrogen and oxygen atoms in total. The van der Waals surface area contributed by atoms with E-state index in [0.29, 0.717) is 0 Å². The van der Waals surface area contributed by atoms with Gasteiger partial charge in [0.1, 0.15) is 12.1 Å². The number of hydrogen-bond acceptors (Lipinski definition) is 3. The smallest absolute Gasteiger partial charge is 0.269 e. The molecular weight excluding hydrogens is 228 g/mol. The van der Waals surface area contributed by atoms with Crippen molar-refractivity contribution in [2.45, 2.75) is 20.8 Å². The summed E-state index contributed by atoms with van der Waals surface area (Å²) in [4.78, 5) is 15.6. The van der Waals surface area contributed by atoms with Crippen molar-refractivity contribution < 1.29 is 9.53 Å². The monoisotopic (exact) mass is 244 g/mol. The van der Waals surface area contributed by atoms with E-state index in [1.54, 1.807) is 12.4 Å². The average Bonchev–Trinajstić information content (AvgIpc) is 2.87. The third-order valence-corrected chi connectivity index (χ3v) is 3.01. The molecule has 4 heteroatoms. The highest BCUT2D eigenvalue weighted by Crippen LogP contribution is 2.25. The van der Waals surface area contributed by atoms with E-state index in [9.17, 15) is 4.79 Å². The van der Waals surface area contributed by atoms with Crippen LogP contribution in [0.5, 0.6) is 5.75 Å². The zero-order valence-electron chi connectivity index (χ0n) is 10.8. The minimum absolute atomic E-state index is 0.0154. The number of nitrogens with zero attached hydrogens (tertiary/aromatic N) is 2. The second kappa shape index (κ2) is 5.04. The first-order chi connectivity index (χ1) is 8.59. The summed E-state index contributed by atoms with van der Waals surface area (Å²) in [5.41, 5.74) is 3.27. The fraction of sp³-hybridized carbons (Fsp3) is 0.286. The van der Waals surface area contributed by atoms with Crippen LogP contribution in [-0.4, -0.2) is 22.1 Å². The Hall–Kier alpha value is -2.10. The molecule has 0 saturated carbocycles. The van der Waals surface area contributed by atoms with E-state index in [4.69, 9.17) is 4.74 Å². The summed E-state index contributed by atoms with van der Waals surface area (Å²) in [5, 5.41) is 0. The van der Waals surface area contributed by atoms with Crippen LogP contribution < -0.4 is 4.74 Å². The van der Waals surface area contributed by atoms with Crippen molar-refractivity contribution in [3.63, 3.8) is 0 Å². The van der Waals surface area contributed by atoms with Crippen LogP contribution in [0.25, 0.3) is 0 Å². The number of rotatable bonds is 3. The molecule has 0 aliphatic carbocycles. The minimum atomic E-state index is -0.132. The SMILES string of the molecule is Cc1ccc(C)c(OCC(=O)n2ccnc2)c1C. The second-order valence-corrected chi connectivity index (χ2v) is 4.31. The Balaban J connectivity index is 2.11. The molecule has 0 radical (unpaired) electrons. The maximum atomic E-state index is 11.8. The fourth-order valence-electron chi connectivity index (χ4n) is 1.76. The molecule has 94 valence electrons. The van der Waals surface area contributed by atoms with Gasteiger partial charge in [0.25, 0.3) is 5.91 Å². The fourth-order valence-corrected chi connectivity index (χ4v) is 1.76. The summed E-state index contributed by atoms with van der Waals surface area (Å²) < 4.78 is 7.05. The molecule has 0 amide bonds. The topological polar surface area (TPSA) is 44.1 Å². The van der Waals surface area contributed by atoms with Gasteiger partial charge in [-0.15, -0.1) is 0 Å². The molecule has 0 aliphatic heterocycles. The second-order valence-electron chi connectivity index (χ2n) is 4.31. The Labute approximate surface area is 106 Å². The molecule has 1 aromatic heterocycles. The largest absolute Gasteiger partial charge is 0.483 e. The third-order valence-electron chi connectivity index (χ3n) is 3.01. The van der Waals surface area contributed by atoms with Gasteiger partial charge < -0.3 is 4.74 Å². The van der Waals surface area contributed by atoms with Crippen LogP contribution in [-0.2, 0) is 0 Å². The number of carbonyl (C=O) groups is 1. The maximum Gasteiger partial charge on any atom is 0.269 e. The highest BCUT2D eigenvalue weighted by molar-refractivity contribution is 5.80. The first-order valence-electron chi connectivity index (χ1n) is 5.80. The molecule has 0 spiro atoms. The van der Waals surface area contributed by atoms with Gasteiger partial charge in [-0.1, -0.05) is 12.1 Å². The number of imidazole rings is 1. The van der Waals surface area contributed by atoms with Crippen LogP contribution in [0.3, 0.4) is 0 Å². The van der Waals surface area contributed by atoms with Gasteiger partial charge in [0.15, 0.2) is 6.61 Å². The molecular formula is C14H16N2O2. The van der Waals surface area contributed by atoms with Crippen LogP contribution in [0, 0.1) is 20.8 Å². The van der Waals surface area contributed by atoms with Crippen LogP contribution in [0.4, 0.5) is 0 Å². The van der Waals surface area contributed by atoms with Crippen molar-refractivity contribution in [3.8, 4) is 5.75 Å². The molecule has 2 aromatic rings. The van der Waals surface area contributed by atoms with Crippen LogP contribution >= 0.6 is 0 Å². The predicted molar refractivity (Wildman–Crippen MR) is 69.0 cm³/mol. The van der Waals surface area contributed by atoms with E-state index in [1.807, 2.05) is 26.8 Å². The highest BCUT2D eigenvalue weighted by Gasteiger charge is 2.10. The van der Waals surface area contributed by atoms with Crippen molar-refractivity contribution in [3.05, 3.63) is 47.5 Å². The standard InChI is InChI=1S/C14H16N2O2/c1-10-4-5-11(2)14(12(10)3)18-8-13(17)16-7-6-15-9-16/h4-7,9H,8H2,1-3H3. The Morgan fingerprint density at radius 3 is 2.67 bits per heavy atom. The Morgan fingerprint density at radius 2 is 2.00 bits per heavy atom. The molecule has 1 heterocycles. The number of benzene rings is 1. The number of hydrogen-bond donors (Lipinski definition) is 0. The first-order valence-corrected chi connectivity index (χ1v) is 5.80. The van der Waals surface area contributed by atoms with E-state index >= 15 is 0 Å². The van der Waals surface area contributed by atoms with Crippen molar-refractivity contribution >= 4 is 5.91 Å². The normalized spacial score (nSPS) is 10.4. The summed E-state index contributed by atoms with van der Waals surface area (Å²) in [6.45, 7) is 6.02. The lowest BCUT2D eigenvalue weighted by atomic mass is 10.1. The molecule has 2 rings (SSSR count). The van der Waals surface area contributed by atoms with Crippen LogP contribution in [0.15, 0.2) is 30.9 Å². The predicted octanol–water partition coefficient (Wildman–Crippen LogP) is 2.53. The minimum Gasteiger partial charge on any atom is -0.483 e. The lowest BCUT2D eigenvalue weighted by Gasteiger charge is -2.13. The van der Waals surface area contributed by atoms with Gasteiger partial charge in [0.2, 0.25) is 0 Å². The summed E-state index contributed by atoms with van der Waals surface area (Å²) in [7, 11) is 0. The molecule has 0 N–H and O–H groups in total. The van der Waals surface area contributed by atoms with E-state index in [-0.39, 0.29) is 12.5 Å². The van der Waals surface area contributed by atoms with Gasteiger partial charge in [-0.3, -0.25) is 9.36 Å². The van der Waals surface area contributed by atoms with Gasteiger partial charge in [-0.05, 0) is 37.5 Å². The highest BCUT2D eigenvalue weighted by atomic mass is 16.5. The lowest BCUT2D eigenvalue weighted by Crippen LogP contribution is -2.18. The van der Waals surface area contributed by atoms with Crippen LogP contribution in [0.2, 0.25) is 0 Å². The van der Waals surface area contributed by atoms with Gasteiger partial charge in [-0.2, -0.15) is 0 Å².